The monoisotopic (exact) mass is 368 g/mol. The zero-order valence-electron chi connectivity index (χ0n) is 14.3. The van der Waals surface area contributed by atoms with Crippen LogP contribution in [-0.2, 0) is 16.1 Å². The number of carbonyl (C=O) groups is 2. The van der Waals surface area contributed by atoms with Gasteiger partial charge in [0.25, 0.3) is 5.89 Å². The fourth-order valence-corrected chi connectivity index (χ4v) is 2.92. The molecule has 0 saturated carbocycles. The summed E-state index contributed by atoms with van der Waals surface area (Å²) in [4.78, 5) is 37.7. The molecule has 0 spiro atoms. The highest BCUT2D eigenvalue weighted by atomic mass is 16.4. The van der Waals surface area contributed by atoms with Crippen LogP contribution in [0.2, 0.25) is 0 Å². The number of hydrogen-bond donors (Lipinski definition) is 1. The molecule has 0 bridgehead atoms. The smallest absolute Gasteiger partial charge is 0.437 e. The van der Waals surface area contributed by atoms with E-state index in [9.17, 15) is 14.4 Å². The highest BCUT2D eigenvalue weighted by Crippen LogP contribution is 2.24. The van der Waals surface area contributed by atoms with Crippen molar-refractivity contribution in [3.63, 3.8) is 0 Å². The van der Waals surface area contributed by atoms with Gasteiger partial charge in [0, 0.05) is 24.3 Å². The molecule has 1 saturated heterocycles. The molecule has 3 aromatic rings. The second-order valence-corrected chi connectivity index (χ2v) is 6.06. The molecule has 27 heavy (non-hydrogen) atoms. The highest BCUT2D eigenvalue weighted by Gasteiger charge is 2.22. The molecule has 0 unspecified atom stereocenters. The number of aromatic nitrogens is 2. The van der Waals surface area contributed by atoms with Crippen molar-refractivity contribution in [1.29, 1.82) is 0 Å². The van der Waals surface area contributed by atoms with Crippen molar-refractivity contribution in [2.45, 2.75) is 19.4 Å². The van der Waals surface area contributed by atoms with E-state index in [2.05, 4.69) is 10.4 Å². The molecule has 1 fully saturated rings. The Labute approximate surface area is 153 Å². The summed E-state index contributed by atoms with van der Waals surface area (Å²) in [5.41, 5.74) is 1.26. The lowest BCUT2D eigenvalue weighted by molar-refractivity contribution is -0.117. The van der Waals surface area contributed by atoms with Crippen molar-refractivity contribution in [3.8, 4) is 11.7 Å². The molecule has 1 N–H and O–H groups in total. The minimum absolute atomic E-state index is 0.00680. The quantitative estimate of drug-likeness (QED) is 0.736. The molecule has 0 aliphatic carbocycles. The van der Waals surface area contributed by atoms with Gasteiger partial charge in [-0.3, -0.25) is 9.59 Å². The summed E-state index contributed by atoms with van der Waals surface area (Å²) < 4.78 is 11.0. The van der Waals surface area contributed by atoms with Crippen LogP contribution >= 0.6 is 0 Å². The Morgan fingerprint density at radius 1 is 1.22 bits per heavy atom. The predicted molar refractivity (Wildman–Crippen MR) is 95.1 cm³/mol. The van der Waals surface area contributed by atoms with E-state index in [1.54, 1.807) is 35.2 Å². The molecule has 3 heterocycles. The lowest BCUT2D eigenvalue weighted by Crippen LogP contribution is -2.26. The van der Waals surface area contributed by atoms with Gasteiger partial charge in [-0.1, -0.05) is 6.07 Å². The first kappa shape index (κ1) is 16.8. The molecule has 2 amide bonds. The Morgan fingerprint density at radius 2 is 2.11 bits per heavy atom. The maximum atomic E-state index is 12.3. The fraction of sp³-hybridized carbons (Fsp3) is 0.222. The van der Waals surface area contributed by atoms with Crippen LogP contribution in [0.3, 0.4) is 0 Å². The summed E-state index contributed by atoms with van der Waals surface area (Å²) in [5.74, 6) is -0.825. The van der Waals surface area contributed by atoms with Crippen LogP contribution in [0.1, 0.15) is 12.8 Å². The van der Waals surface area contributed by atoms with Crippen LogP contribution in [0.25, 0.3) is 11.7 Å². The van der Waals surface area contributed by atoms with Crippen molar-refractivity contribution < 1.29 is 18.4 Å². The van der Waals surface area contributed by atoms with Gasteiger partial charge in [-0.05, 0) is 36.8 Å². The van der Waals surface area contributed by atoms with Gasteiger partial charge in [-0.15, -0.1) is 5.10 Å². The van der Waals surface area contributed by atoms with Crippen molar-refractivity contribution in [1.82, 2.24) is 9.78 Å². The van der Waals surface area contributed by atoms with Crippen molar-refractivity contribution in [2.75, 3.05) is 16.8 Å². The highest BCUT2D eigenvalue weighted by molar-refractivity contribution is 5.97. The zero-order chi connectivity index (χ0) is 18.8. The van der Waals surface area contributed by atoms with Gasteiger partial charge in [0.1, 0.15) is 6.54 Å². The normalized spacial score (nSPS) is 13.9. The number of carbonyl (C=O) groups excluding carboxylic acids is 2. The molecule has 1 aliphatic rings. The Morgan fingerprint density at radius 3 is 2.85 bits per heavy atom. The Hall–Kier alpha value is -3.62. The van der Waals surface area contributed by atoms with Gasteiger partial charge in [0.2, 0.25) is 11.8 Å². The van der Waals surface area contributed by atoms with Crippen LogP contribution in [0.4, 0.5) is 11.4 Å². The zero-order valence-corrected chi connectivity index (χ0v) is 14.3. The summed E-state index contributed by atoms with van der Waals surface area (Å²) in [6, 6.07) is 10.2. The first-order chi connectivity index (χ1) is 13.1. The molecule has 4 rings (SSSR count). The van der Waals surface area contributed by atoms with Crippen molar-refractivity contribution >= 4 is 23.2 Å². The van der Waals surface area contributed by atoms with Gasteiger partial charge < -0.3 is 19.1 Å². The summed E-state index contributed by atoms with van der Waals surface area (Å²) in [6.07, 6.45) is 2.78. The summed E-state index contributed by atoms with van der Waals surface area (Å²) in [7, 11) is 0. The SMILES string of the molecule is O=C(Cn1nc(-c2ccco2)oc1=O)Nc1cccc(N2CCCC2=O)c1. The third-order valence-corrected chi connectivity index (χ3v) is 4.15. The lowest BCUT2D eigenvalue weighted by atomic mass is 10.2. The Bertz CT molecular complexity index is 1030. The van der Waals surface area contributed by atoms with Crippen LogP contribution < -0.4 is 16.0 Å². The molecule has 2 aromatic heterocycles. The van der Waals surface area contributed by atoms with Gasteiger partial charge in [0.05, 0.1) is 6.26 Å². The van der Waals surface area contributed by atoms with E-state index < -0.39 is 11.7 Å². The maximum Gasteiger partial charge on any atom is 0.437 e. The number of anilines is 2. The molecular weight excluding hydrogens is 352 g/mol. The minimum Gasteiger partial charge on any atom is -0.459 e. The Balaban J connectivity index is 1.46. The molecule has 9 heteroatoms. The molecule has 0 atom stereocenters. The van der Waals surface area contributed by atoms with Crippen molar-refractivity contribution in [2.24, 2.45) is 0 Å². The van der Waals surface area contributed by atoms with E-state index in [0.29, 0.717) is 24.4 Å². The van der Waals surface area contributed by atoms with Crippen LogP contribution in [0.5, 0.6) is 0 Å². The second kappa shape index (κ2) is 6.94. The van der Waals surface area contributed by atoms with Gasteiger partial charge in [-0.2, -0.15) is 4.68 Å². The third-order valence-electron chi connectivity index (χ3n) is 4.15. The van der Waals surface area contributed by atoms with Crippen LogP contribution in [-0.4, -0.2) is 28.1 Å². The molecule has 0 radical (unpaired) electrons. The van der Waals surface area contributed by atoms with Crippen LogP contribution in [0, 0.1) is 0 Å². The summed E-state index contributed by atoms with van der Waals surface area (Å²) in [5, 5.41) is 6.65. The summed E-state index contributed by atoms with van der Waals surface area (Å²) >= 11 is 0. The third kappa shape index (κ3) is 3.52. The van der Waals surface area contributed by atoms with Gasteiger partial charge >= 0.3 is 5.76 Å². The standard InChI is InChI=1S/C18H16N4O5/c23-15(11-22-18(25)27-17(20-22)14-6-3-9-26-14)19-12-4-1-5-13(10-12)21-8-2-7-16(21)24/h1,3-6,9-10H,2,7-8,11H2,(H,19,23). The van der Waals surface area contributed by atoms with E-state index in [4.69, 9.17) is 8.83 Å². The number of nitrogens with one attached hydrogen (secondary N) is 1. The lowest BCUT2D eigenvalue weighted by Gasteiger charge is -2.16. The largest absolute Gasteiger partial charge is 0.459 e. The maximum absolute atomic E-state index is 12.3. The number of rotatable bonds is 5. The van der Waals surface area contributed by atoms with Gasteiger partial charge in [0.15, 0.2) is 5.76 Å². The number of amides is 2. The van der Waals surface area contributed by atoms with E-state index in [1.165, 1.54) is 6.26 Å². The van der Waals surface area contributed by atoms with Gasteiger partial charge in [-0.25, -0.2) is 4.79 Å². The van der Waals surface area contributed by atoms with E-state index in [0.717, 1.165) is 16.8 Å². The second-order valence-electron chi connectivity index (χ2n) is 6.06. The average Bonchev–Trinajstić information content (AvgIpc) is 3.37. The van der Waals surface area contributed by atoms with E-state index >= 15 is 0 Å². The molecular formula is C18H16N4O5. The van der Waals surface area contributed by atoms with E-state index in [-0.39, 0.29) is 18.3 Å². The number of benzene rings is 1. The molecule has 9 nitrogen and oxygen atoms in total. The van der Waals surface area contributed by atoms with Crippen molar-refractivity contribution in [3.05, 3.63) is 53.2 Å². The number of nitrogens with zero attached hydrogens (tertiary/aromatic N) is 3. The predicted octanol–water partition coefficient (Wildman–Crippen LogP) is 1.86. The average molecular weight is 368 g/mol. The number of hydrogen-bond acceptors (Lipinski definition) is 6. The summed E-state index contributed by atoms with van der Waals surface area (Å²) in [6.45, 7) is 0.357. The molecule has 138 valence electrons. The van der Waals surface area contributed by atoms with Crippen LogP contribution in [0.15, 0.2) is 56.3 Å². The molecule has 1 aromatic carbocycles. The minimum atomic E-state index is -0.757. The first-order valence-electron chi connectivity index (χ1n) is 8.42. The number of furan rings is 1. The fourth-order valence-electron chi connectivity index (χ4n) is 2.92. The first-order valence-corrected chi connectivity index (χ1v) is 8.42. The molecule has 1 aliphatic heterocycles. The van der Waals surface area contributed by atoms with E-state index in [1.807, 2.05) is 6.07 Å². The topological polar surface area (TPSA) is 111 Å². The Kier molecular flexibility index (Phi) is 4.33.